The van der Waals surface area contributed by atoms with Crippen LogP contribution in [0.1, 0.15) is 29.6 Å². The van der Waals surface area contributed by atoms with E-state index in [4.69, 9.17) is 15.4 Å². The molecule has 1 heterocycles. The molecule has 8 heteroatoms. The highest BCUT2D eigenvalue weighted by Crippen LogP contribution is 2.28. The van der Waals surface area contributed by atoms with Crippen LogP contribution < -0.4 is 5.32 Å². The second-order valence-electron chi connectivity index (χ2n) is 4.72. The molecule has 1 saturated carbocycles. The van der Waals surface area contributed by atoms with Gasteiger partial charge in [-0.1, -0.05) is 0 Å². The molecule has 1 aliphatic rings. The maximum absolute atomic E-state index is 11.8. The van der Waals surface area contributed by atoms with Gasteiger partial charge in [-0.25, -0.2) is 8.42 Å². The maximum Gasteiger partial charge on any atom is 0.270 e. The molecule has 20 heavy (non-hydrogen) atoms. The molecule has 1 amide bonds. The summed E-state index contributed by atoms with van der Waals surface area (Å²) in [4.78, 5) is 11.8. The van der Waals surface area contributed by atoms with Crippen molar-refractivity contribution in [2.24, 2.45) is 5.92 Å². The largest absolute Gasteiger partial charge is 0.381 e. The van der Waals surface area contributed by atoms with Crippen molar-refractivity contribution >= 4 is 37.0 Å². The summed E-state index contributed by atoms with van der Waals surface area (Å²) in [5.74, 6) is 0.446. The van der Waals surface area contributed by atoms with Crippen LogP contribution in [0.5, 0.6) is 0 Å². The highest BCUT2D eigenvalue weighted by atomic mass is 35.7. The van der Waals surface area contributed by atoms with Gasteiger partial charge in [-0.05, 0) is 31.2 Å². The normalized spacial score (nSPS) is 15.2. The Morgan fingerprint density at radius 1 is 1.50 bits per heavy atom. The third kappa shape index (κ3) is 5.05. The number of hydrogen-bond acceptors (Lipinski definition) is 5. The fourth-order valence-electron chi connectivity index (χ4n) is 1.58. The monoisotopic (exact) mass is 337 g/mol. The van der Waals surface area contributed by atoms with Crippen molar-refractivity contribution in [3.8, 4) is 0 Å². The summed E-state index contributed by atoms with van der Waals surface area (Å²) in [5, 5.41) is 4.20. The van der Waals surface area contributed by atoms with Gasteiger partial charge in [0, 0.05) is 35.8 Å². The van der Waals surface area contributed by atoms with Crippen LogP contribution in [0.15, 0.2) is 15.7 Å². The lowest BCUT2D eigenvalue weighted by atomic mass is 10.3. The van der Waals surface area contributed by atoms with Gasteiger partial charge in [-0.15, -0.1) is 11.3 Å². The number of hydrogen-bond donors (Lipinski definition) is 1. The Hall–Kier alpha value is -0.630. The summed E-state index contributed by atoms with van der Waals surface area (Å²) in [7, 11) is 1.44. The molecule has 112 valence electrons. The molecule has 0 aliphatic heterocycles. The molecular weight excluding hydrogens is 322 g/mol. The summed E-state index contributed by atoms with van der Waals surface area (Å²) >= 11 is 0.937. The van der Waals surface area contributed by atoms with Crippen molar-refractivity contribution in [1.82, 2.24) is 5.32 Å². The fraction of sp³-hybridized carbons (Fsp3) is 0.583. The van der Waals surface area contributed by atoms with Crippen molar-refractivity contribution in [3.05, 3.63) is 17.0 Å². The first-order valence-electron chi connectivity index (χ1n) is 6.36. The number of carbonyl (C=O) groups excluding carboxylic acids is 1. The molecule has 2 rings (SSSR count). The molecule has 0 atom stereocenters. The summed E-state index contributed by atoms with van der Waals surface area (Å²) in [6.07, 6.45) is 3.27. The number of halogens is 1. The van der Waals surface area contributed by atoms with E-state index < -0.39 is 9.05 Å². The average molecular weight is 338 g/mol. The minimum Gasteiger partial charge on any atom is -0.381 e. The van der Waals surface area contributed by atoms with Crippen LogP contribution >= 0.6 is 22.0 Å². The van der Waals surface area contributed by atoms with E-state index in [1.54, 1.807) is 0 Å². The molecule has 1 N–H and O–H groups in total. The van der Waals surface area contributed by atoms with Gasteiger partial charge in [-0.3, -0.25) is 4.79 Å². The number of thiophene rings is 1. The van der Waals surface area contributed by atoms with Crippen LogP contribution in [-0.4, -0.2) is 34.1 Å². The zero-order valence-corrected chi connectivity index (χ0v) is 13.2. The predicted octanol–water partition coefficient (Wildman–Crippen LogP) is 2.22. The Morgan fingerprint density at radius 2 is 2.25 bits per heavy atom. The highest BCUT2D eigenvalue weighted by Gasteiger charge is 2.21. The van der Waals surface area contributed by atoms with Crippen LogP contribution in [0.4, 0.5) is 0 Å². The van der Waals surface area contributed by atoms with Crippen LogP contribution in [-0.2, 0) is 13.8 Å². The minimum atomic E-state index is -3.76. The Kier molecular flexibility index (Phi) is 5.42. The number of amides is 1. The van der Waals surface area contributed by atoms with Crippen molar-refractivity contribution < 1.29 is 17.9 Å². The smallest absolute Gasteiger partial charge is 0.270 e. The maximum atomic E-state index is 11.8. The molecule has 0 saturated heterocycles. The predicted molar refractivity (Wildman–Crippen MR) is 77.9 cm³/mol. The fourth-order valence-corrected chi connectivity index (χ4v) is 3.52. The Bertz CT molecular complexity index is 566. The van der Waals surface area contributed by atoms with E-state index in [2.05, 4.69) is 5.32 Å². The van der Waals surface area contributed by atoms with Gasteiger partial charge in [-0.2, -0.15) is 0 Å². The molecule has 0 spiro atoms. The van der Waals surface area contributed by atoms with Gasteiger partial charge in [0.05, 0.1) is 5.56 Å². The summed E-state index contributed by atoms with van der Waals surface area (Å²) in [5.41, 5.74) is 0.313. The van der Waals surface area contributed by atoms with Gasteiger partial charge < -0.3 is 10.1 Å². The van der Waals surface area contributed by atoms with E-state index in [0.29, 0.717) is 18.7 Å². The first kappa shape index (κ1) is 15.8. The van der Waals surface area contributed by atoms with Gasteiger partial charge in [0.25, 0.3) is 15.0 Å². The van der Waals surface area contributed by atoms with Crippen molar-refractivity contribution in [2.45, 2.75) is 23.5 Å². The molecule has 0 unspecified atom stereocenters. The molecule has 1 aromatic heterocycles. The molecule has 0 radical (unpaired) electrons. The molecular formula is C12H16ClNO4S2. The Labute approximate surface area is 126 Å². The van der Waals surface area contributed by atoms with E-state index in [1.807, 2.05) is 0 Å². The van der Waals surface area contributed by atoms with Crippen LogP contribution in [0, 0.1) is 5.92 Å². The first-order valence-corrected chi connectivity index (χ1v) is 9.55. The SMILES string of the molecule is O=C(NCCCOCC1CC1)c1csc(S(=O)(=O)Cl)c1. The summed E-state index contributed by atoms with van der Waals surface area (Å²) < 4.78 is 27.6. The Balaban J connectivity index is 1.67. The van der Waals surface area contributed by atoms with E-state index in [-0.39, 0.29) is 10.1 Å². The number of rotatable bonds is 8. The lowest BCUT2D eigenvalue weighted by molar-refractivity contribution is 0.0937. The van der Waals surface area contributed by atoms with Gasteiger partial charge in [0.1, 0.15) is 4.21 Å². The third-order valence-corrected chi connectivity index (χ3v) is 5.92. The zero-order chi connectivity index (χ0) is 14.6. The van der Waals surface area contributed by atoms with Crippen molar-refractivity contribution in [1.29, 1.82) is 0 Å². The quantitative estimate of drug-likeness (QED) is 0.583. The summed E-state index contributed by atoms with van der Waals surface area (Å²) in [6, 6.07) is 1.28. The minimum absolute atomic E-state index is 0.0166. The van der Waals surface area contributed by atoms with E-state index >= 15 is 0 Å². The van der Waals surface area contributed by atoms with Crippen molar-refractivity contribution in [3.63, 3.8) is 0 Å². The van der Waals surface area contributed by atoms with E-state index in [9.17, 15) is 13.2 Å². The lowest BCUT2D eigenvalue weighted by Crippen LogP contribution is -2.24. The molecule has 1 aromatic rings. The average Bonchev–Trinajstić information content (AvgIpc) is 3.04. The highest BCUT2D eigenvalue weighted by molar-refractivity contribution is 8.15. The zero-order valence-electron chi connectivity index (χ0n) is 10.8. The molecule has 0 bridgehead atoms. The van der Waals surface area contributed by atoms with Gasteiger partial charge in [0.15, 0.2) is 0 Å². The number of nitrogens with one attached hydrogen (secondary N) is 1. The van der Waals surface area contributed by atoms with Gasteiger partial charge in [0.2, 0.25) is 0 Å². The lowest BCUT2D eigenvalue weighted by Gasteiger charge is -2.04. The van der Waals surface area contributed by atoms with Crippen LogP contribution in [0.2, 0.25) is 0 Å². The first-order chi connectivity index (χ1) is 9.47. The summed E-state index contributed by atoms with van der Waals surface area (Å²) in [6.45, 7) is 1.94. The molecule has 1 aliphatic carbocycles. The Morgan fingerprint density at radius 3 is 2.85 bits per heavy atom. The van der Waals surface area contributed by atoms with Crippen LogP contribution in [0.25, 0.3) is 0 Å². The van der Waals surface area contributed by atoms with Crippen molar-refractivity contribution in [2.75, 3.05) is 19.8 Å². The second kappa shape index (κ2) is 6.89. The molecule has 1 fully saturated rings. The standard InChI is InChI=1S/C12H16ClNO4S2/c13-20(16,17)11-6-10(8-19-11)12(15)14-4-1-5-18-7-9-2-3-9/h6,8-9H,1-5,7H2,(H,14,15). The third-order valence-electron chi connectivity index (χ3n) is 2.88. The molecule has 0 aromatic carbocycles. The van der Waals surface area contributed by atoms with Crippen LogP contribution in [0.3, 0.4) is 0 Å². The van der Waals surface area contributed by atoms with E-state index in [0.717, 1.165) is 30.3 Å². The number of ether oxygens (including phenoxy) is 1. The van der Waals surface area contributed by atoms with Gasteiger partial charge >= 0.3 is 0 Å². The molecule has 5 nitrogen and oxygen atoms in total. The second-order valence-corrected chi connectivity index (χ2v) is 8.42. The topological polar surface area (TPSA) is 72.5 Å². The van der Waals surface area contributed by atoms with E-state index in [1.165, 1.54) is 24.3 Å². The number of carbonyl (C=O) groups is 1.